The van der Waals surface area contributed by atoms with Gasteiger partial charge in [0, 0.05) is 16.7 Å². The number of sulfone groups is 1. The average Bonchev–Trinajstić information content (AvgIpc) is 2.90. The molecule has 110 valence electrons. The zero-order chi connectivity index (χ0) is 14.1. The molecule has 0 bridgehead atoms. The molecule has 3 nitrogen and oxygen atoms in total. The highest BCUT2D eigenvalue weighted by molar-refractivity contribution is 7.91. The van der Waals surface area contributed by atoms with Crippen molar-refractivity contribution in [1.82, 2.24) is 5.32 Å². The van der Waals surface area contributed by atoms with Gasteiger partial charge in [-0.2, -0.15) is 0 Å². The van der Waals surface area contributed by atoms with Crippen molar-refractivity contribution in [3.8, 4) is 0 Å². The molecule has 0 fully saturated rings. The van der Waals surface area contributed by atoms with Crippen molar-refractivity contribution < 1.29 is 8.42 Å². The van der Waals surface area contributed by atoms with Crippen LogP contribution in [0.15, 0.2) is 17.5 Å². The van der Waals surface area contributed by atoms with Crippen LogP contribution in [0.1, 0.15) is 37.5 Å². The van der Waals surface area contributed by atoms with E-state index >= 15 is 0 Å². The van der Waals surface area contributed by atoms with Crippen LogP contribution in [0, 0.1) is 0 Å². The minimum atomic E-state index is -2.81. The van der Waals surface area contributed by atoms with Crippen LogP contribution in [0.2, 0.25) is 0 Å². The minimum Gasteiger partial charge on any atom is -0.317 e. The lowest BCUT2D eigenvalue weighted by molar-refractivity contribution is 0.469. The number of nitrogens with one attached hydrogen (secondary N) is 1. The molecule has 0 spiro atoms. The molecule has 0 aliphatic rings. The van der Waals surface area contributed by atoms with Gasteiger partial charge in [-0.1, -0.05) is 13.0 Å². The van der Waals surface area contributed by atoms with Crippen LogP contribution in [-0.2, 0) is 16.3 Å². The SMILES string of the molecule is CCS(=O)(=O)CCCC(CCCc1cccs1)NC. The second kappa shape index (κ2) is 8.72. The molecule has 1 N–H and O–H groups in total. The molecule has 1 unspecified atom stereocenters. The van der Waals surface area contributed by atoms with Crippen LogP contribution in [0.25, 0.3) is 0 Å². The molecule has 1 aromatic heterocycles. The predicted octanol–water partition coefficient (Wildman–Crippen LogP) is 2.87. The first-order valence-corrected chi connectivity index (χ1v) is 9.67. The fourth-order valence-corrected chi connectivity index (χ4v) is 3.75. The quantitative estimate of drug-likeness (QED) is 0.723. The standard InChI is InChI=1S/C14H25NO2S2/c1-3-19(16,17)12-6-8-13(15-2)7-4-9-14-10-5-11-18-14/h5,10-11,13,15H,3-4,6-9,12H2,1-2H3. The molecule has 19 heavy (non-hydrogen) atoms. The van der Waals surface area contributed by atoms with Gasteiger partial charge in [0.25, 0.3) is 0 Å². The largest absolute Gasteiger partial charge is 0.317 e. The summed E-state index contributed by atoms with van der Waals surface area (Å²) in [4.78, 5) is 1.43. The number of rotatable bonds is 10. The Kier molecular flexibility index (Phi) is 7.64. The summed E-state index contributed by atoms with van der Waals surface area (Å²) >= 11 is 1.81. The maximum atomic E-state index is 11.4. The summed E-state index contributed by atoms with van der Waals surface area (Å²) in [6.07, 6.45) is 5.11. The third kappa shape index (κ3) is 7.09. The van der Waals surface area contributed by atoms with E-state index in [1.54, 1.807) is 18.3 Å². The fraction of sp³-hybridized carbons (Fsp3) is 0.714. The van der Waals surface area contributed by atoms with Crippen molar-refractivity contribution in [2.45, 2.75) is 45.1 Å². The summed E-state index contributed by atoms with van der Waals surface area (Å²) in [6.45, 7) is 1.71. The van der Waals surface area contributed by atoms with E-state index in [-0.39, 0.29) is 5.75 Å². The molecule has 5 heteroatoms. The zero-order valence-corrected chi connectivity index (χ0v) is 13.5. The predicted molar refractivity (Wildman–Crippen MR) is 83.7 cm³/mol. The first kappa shape index (κ1) is 16.7. The van der Waals surface area contributed by atoms with Crippen molar-refractivity contribution >= 4 is 21.2 Å². The second-order valence-corrected chi connectivity index (χ2v) is 8.34. The third-order valence-corrected chi connectivity index (χ3v) is 6.14. The third-order valence-electron chi connectivity index (χ3n) is 3.41. The zero-order valence-electron chi connectivity index (χ0n) is 11.9. The first-order valence-electron chi connectivity index (χ1n) is 6.97. The molecule has 0 amide bonds. The van der Waals surface area contributed by atoms with Crippen molar-refractivity contribution in [2.75, 3.05) is 18.6 Å². The van der Waals surface area contributed by atoms with Crippen LogP contribution in [0.5, 0.6) is 0 Å². The summed E-state index contributed by atoms with van der Waals surface area (Å²) in [5, 5.41) is 5.41. The van der Waals surface area contributed by atoms with Gasteiger partial charge in [0.15, 0.2) is 0 Å². The molecule has 0 aliphatic carbocycles. The van der Waals surface area contributed by atoms with Crippen LogP contribution >= 0.6 is 11.3 Å². The van der Waals surface area contributed by atoms with E-state index in [2.05, 4.69) is 22.8 Å². The fourth-order valence-electron chi connectivity index (χ4n) is 2.10. The molecule has 0 aromatic carbocycles. The molecule has 0 saturated heterocycles. The molecule has 1 atom stereocenters. The highest BCUT2D eigenvalue weighted by Gasteiger charge is 2.10. The Bertz CT molecular complexity index is 426. The van der Waals surface area contributed by atoms with Gasteiger partial charge in [-0.15, -0.1) is 11.3 Å². The monoisotopic (exact) mass is 303 g/mol. The smallest absolute Gasteiger partial charge is 0.150 e. The molecule has 0 saturated carbocycles. The van der Waals surface area contributed by atoms with Crippen LogP contribution < -0.4 is 5.32 Å². The summed E-state index contributed by atoms with van der Waals surface area (Å²) in [7, 11) is -0.843. The lowest BCUT2D eigenvalue weighted by atomic mass is 10.0. The Morgan fingerprint density at radius 1 is 1.32 bits per heavy atom. The van der Waals surface area contributed by atoms with Crippen molar-refractivity contribution in [3.63, 3.8) is 0 Å². The molecule has 1 rings (SSSR count). The van der Waals surface area contributed by atoms with Gasteiger partial charge < -0.3 is 5.32 Å². The van der Waals surface area contributed by atoms with Crippen LogP contribution in [-0.4, -0.2) is 33.0 Å². The van der Waals surface area contributed by atoms with Crippen LogP contribution in [0.4, 0.5) is 0 Å². The number of hydrogen-bond donors (Lipinski definition) is 1. The molecular weight excluding hydrogens is 278 g/mol. The summed E-state index contributed by atoms with van der Waals surface area (Å²) in [5.74, 6) is 0.586. The van der Waals surface area contributed by atoms with E-state index in [1.807, 2.05) is 7.05 Å². The van der Waals surface area contributed by atoms with E-state index in [1.165, 1.54) is 4.88 Å². The van der Waals surface area contributed by atoms with Gasteiger partial charge in [0.1, 0.15) is 9.84 Å². The molecule has 1 heterocycles. The lowest BCUT2D eigenvalue weighted by Gasteiger charge is -2.15. The van der Waals surface area contributed by atoms with E-state index in [4.69, 9.17) is 0 Å². The van der Waals surface area contributed by atoms with E-state index in [9.17, 15) is 8.42 Å². The Hall–Kier alpha value is -0.390. The van der Waals surface area contributed by atoms with Crippen molar-refractivity contribution in [2.24, 2.45) is 0 Å². The average molecular weight is 303 g/mol. The Balaban J connectivity index is 2.19. The number of thiophene rings is 1. The Morgan fingerprint density at radius 3 is 2.63 bits per heavy atom. The van der Waals surface area contributed by atoms with Crippen molar-refractivity contribution in [3.05, 3.63) is 22.4 Å². The van der Waals surface area contributed by atoms with Crippen molar-refractivity contribution in [1.29, 1.82) is 0 Å². The molecule has 1 aromatic rings. The Morgan fingerprint density at radius 2 is 2.05 bits per heavy atom. The van der Waals surface area contributed by atoms with Crippen LogP contribution in [0.3, 0.4) is 0 Å². The Labute approximate surface area is 121 Å². The summed E-state index contributed by atoms with van der Waals surface area (Å²) in [5.41, 5.74) is 0. The molecule has 0 aliphatic heterocycles. The van der Waals surface area contributed by atoms with Gasteiger partial charge >= 0.3 is 0 Å². The normalized spacial score (nSPS) is 13.6. The highest BCUT2D eigenvalue weighted by Crippen LogP contribution is 2.14. The van der Waals surface area contributed by atoms with Gasteiger partial charge in [-0.3, -0.25) is 0 Å². The van der Waals surface area contributed by atoms with E-state index < -0.39 is 9.84 Å². The van der Waals surface area contributed by atoms with E-state index in [0.717, 1.165) is 32.1 Å². The van der Waals surface area contributed by atoms with E-state index in [0.29, 0.717) is 11.8 Å². The second-order valence-electron chi connectivity index (χ2n) is 4.84. The lowest BCUT2D eigenvalue weighted by Crippen LogP contribution is -2.26. The van der Waals surface area contributed by atoms with Gasteiger partial charge in [0.2, 0.25) is 0 Å². The van der Waals surface area contributed by atoms with Gasteiger partial charge in [-0.25, -0.2) is 8.42 Å². The highest BCUT2D eigenvalue weighted by atomic mass is 32.2. The topological polar surface area (TPSA) is 46.2 Å². The molecular formula is C14H25NO2S2. The number of hydrogen-bond acceptors (Lipinski definition) is 4. The maximum Gasteiger partial charge on any atom is 0.150 e. The van der Waals surface area contributed by atoms with Gasteiger partial charge in [0.05, 0.1) is 5.75 Å². The van der Waals surface area contributed by atoms with Gasteiger partial charge in [-0.05, 0) is 50.6 Å². The number of aryl methyl sites for hydroxylation is 1. The molecule has 0 radical (unpaired) electrons. The summed E-state index contributed by atoms with van der Waals surface area (Å²) < 4.78 is 22.8. The summed E-state index contributed by atoms with van der Waals surface area (Å²) in [6, 6.07) is 4.70. The minimum absolute atomic E-state index is 0.260. The first-order chi connectivity index (χ1) is 9.07. The maximum absolute atomic E-state index is 11.4.